The number of carboxylic acids is 1. The van der Waals surface area contributed by atoms with Crippen LogP contribution in [0, 0.1) is 13.8 Å². The summed E-state index contributed by atoms with van der Waals surface area (Å²) in [7, 11) is 0. The van der Waals surface area contributed by atoms with Gasteiger partial charge in [0.25, 0.3) is 0 Å². The van der Waals surface area contributed by atoms with Crippen molar-refractivity contribution in [2.24, 2.45) is 0 Å². The summed E-state index contributed by atoms with van der Waals surface area (Å²) >= 11 is 0. The predicted octanol–water partition coefficient (Wildman–Crippen LogP) is 6.55. The van der Waals surface area contributed by atoms with Crippen molar-refractivity contribution in [3.63, 3.8) is 0 Å². The summed E-state index contributed by atoms with van der Waals surface area (Å²) in [5.74, 6) is -0.104. The summed E-state index contributed by atoms with van der Waals surface area (Å²) < 4.78 is 12.0. The first-order valence-corrected chi connectivity index (χ1v) is 11.9. The van der Waals surface area contributed by atoms with Crippen LogP contribution < -0.4 is 4.74 Å². The van der Waals surface area contributed by atoms with Gasteiger partial charge in [0.05, 0.1) is 12.1 Å². The van der Waals surface area contributed by atoms with Gasteiger partial charge in [-0.25, -0.2) is 4.79 Å². The minimum Gasteiger partial charge on any atom is -0.493 e. The molecule has 1 aromatic heterocycles. The van der Waals surface area contributed by atoms with E-state index < -0.39 is 12.1 Å². The Balaban J connectivity index is 1.85. The fraction of sp³-hybridized carbons (Fsp3) is 0.310. The van der Waals surface area contributed by atoms with Gasteiger partial charge in [0, 0.05) is 35.1 Å². The second-order valence-corrected chi connectivity index (χ2v) is 8.99. The van der Waals surface area contributed by atoms with Crippen molar-refractivity contribution >= 4 is 27.6 Å². The third-order valence-corrected chi connectivity index (χ3v) is 6.64. The Morgan fingerprint density at radius 3 is 2.79 bits per heavy atom. The maximum Gasteiger partial charge on any atom is 0.337 e. The van der Waals surface area contributed by atoms with Gasteiger partial charge >= 0.3 is 5.97 Å². The number of carbonyl (C=O) groups is 1. The number of nitrogens with zero attached hydrogens (tertiary/aromatic N) is 1. The number of aromatic nitrogens is 1. The molecule has 0 unspecified atom stereocenters. The lowest BCUT2D eigenvalue weighted by atomic mass is 9.85. The van der Waals surface area contributed by atoms with Gasteiger partial charge in [-0.2, -0.15) is 0 Å². The van der Waals surface area contributed by atoms with Crippen molar-refractivity contribution in [1.29, 1.82) is 0 Å². The van der Waals surface area contributed by atoms with Crippen molar-refractivity contribution in [3.05, 3.63) is 70.9 Å². The number of fused-ring (bicyclic) bond motifs is 1. The van der Waals surface area contributed by atoms with Gasteiger partial charge in [-0.15, -0.1) is 0 Å². The summed E-state index contributed by atoms with van der Waals surface area (Å²) in [4.78, 5) is 17.3. The number of unbranched alkanes of at least 4 members (excludes halogenated alkanes) is 1. The SMILES string of the molecule is CCCCO[C@@H](C(=O)O)c1c(C)cc2nc(C)ccc2c1-c1ccc2c3c(cccc13)CCO2. The molecule has 3 aromatic carbocycles. The van der Waals surface area contributed by atoms with Crippen LogP contribution >= 0.6 is 0 Å². The van der Waals surface area contributed by atoms with E-state index in [0.717, 1.165) is 69.1 Å². The molecule has 2 heterocycles. The third-order valence-electron chi connectivity index (χ3n) is 6.64. The van der Waals surface area contributed by atoms with E-state index in [2.05, 4.69) is 31.2 Å². The number of hydrogen-bond acceptors (Lipinski definition) is 4. The molecular formula is C29H29NO4. The lowest BCUT2D eigenvalue weighted by molar-refractivity contribution is -0.151. The summed E-state index contributed by atoms with van der Waals surface area (Å²) in [6, 6.07) is 16.4. The van der Waals surface area contributed by atoms with Crippen molar-refractivity contribution < 1.29 is 19.4 Å². The number of rotatable bonds is 7. The molecule has 5 heteroatoms. The van der Waals surface area contributed by atoms with Gasteiger partial charge in [-0.1, -0.05) is 43.7 Å². The second-order valence-electron chi connectivity index (χ2n) is 8.99. The van der Waals surface area contributed by atoms with Crippen LogP contribution in [-0.2, 0) is 16.0 Å². The van der Waals surface area contributed by atoms with Crippen LogP contribution in [0.3, 0.4) is 0 Å². The molecule has 0 radical (unpaired) electrons. The Kier molecular flexibility index (Phi) is 5.96. The number of carboxylic acid groups (broad SMARTS) is 1. The van der Waals surface area contributed by atoms with E-state index in [0.29, 0.717) is 18.8 Å². The first-order valence-electron chi connectivity index (χ1n) is 11.9. The van der Waals surface area contributed by atoms with E-state index in [1.807, 2.05) is 38.1 Å². The molecule has 34 heavy (non-hydrogen) atoms. The molecule has 5 nitrogen and oxygen atoms in total. The topological polar surface area (TPSA) is 68.7 Å². The number of benzene rings is 3. The van der Waals surface area contributed by atoms with Gasteiger partial charge in [0.2, 0.25) is 0 Å². The summed E-state index contributed by atoms with van der Waals surface area (Å²) in [5, 5.41) is 13.3. The van der Waals surface area contributed by atoms with E-state index in [-0.39, 0.29) is 0 Å². The van der Waals surface area contributed by atoms with Crippen LogP contribution in [0.5, 0.6) is 5.75 Å². The highest BCUT2D eigenvalue weighted by Gasteiger charge is 2.29. The van der Waals surface area contributed by atoms with E-state index in [4.69, 9.17) is 14.5 Å². The number of aliphatic carboxylic acids is 1. The number of ether oxygens (including phenoxy) is 2. The molecule has 5 rings (SSSR count). The van der Waals surface area contributed by atoms with E-state index >= 15 is 0 Å². The summed E-state index contributed by atoms with van der Waals surface area (Å²) in [5.41, 5.74) is 6.43. The van der Waals surface area contributed by atoms with Crippen LogP contribution in [0.2, 0.25) is 0 Å². The van der Waals surface area contributed by atoms with Crippen LogP contribution in [-0.4, -0.2) is 29.3 Å². The standard InChI is InChI=1S/C29H29NO4/c1-4-5-14-34-28(29(31)32)25-17(2)16-23-22(10-9-18(3)30-23)27(25)21-11-12-24-26-19(13-15-33-24)7-6-8-20(21)26/h6-12,16,28H,4-5,13-15H2,1-3H3,(H,31,32)/t28-/m1/s1. The molecular weight excluding hydrogens is 426 g/mol. The van der Waals surface area contributed by atoms with E-state index in [1.54, 1.807) is 0 Å². The Hall–Kier alpha value is -3.44. The number of pyridine rings is 1. The average molecular weight is 456 g/mol. The molecule has 1 aliphatic rings. The molecule has 0 bridgehead atoms. The monoisotopic (exact) mass is 455 g/mol. The Morgan fingerprint density at radius 2 is 2.00 bits per heavy atom. The van der Waals surface area contributed by atoms with Gasteiger partial charge in [-0.3, -0.25) is 4.98 Å². The van der Waals surface area contributed by atoms with Crippen molar-refractivity contribution in [1.82, 2.24) is 4.98 Å². The zero-order chi connectivity index (χ0) is 23.8. The summed E-state index contributed by atoms with van der Waals surface area (Å²) in [6.45, 7) is 7.05. The first-order chi connectivity index (χ1) is 16.5. The smallest absolute Gasteiger partial charge is 0.337 e. The molecule has 0 saturated carbocycles. The molecule has 0 fully saturated rings. The van der Waals surface area contributed by atoms with E-state index in [1.165, 1.54) is 5.56 Å². The van der Waals surface area contributed by atoms with Crippen molar-refractivity contribution in [3.8, 4) is 16.9 Å². The van der Waals surface area contributed by atoms with Crippen LogP contribution in [0.25, 0.3) is 32.8 Å². The first kappa shape index (κ1) is 22.4. The van der Waals surface area contributed by atoms with Crippen LogP contribution in [0.15, 0.2) is 48.5 Å². The van der Waals surface area contributed by atoms with Gasteiger partial charge in [0.1, 0.15) is 5.75 Å². The van der Waals surface area contributed by atoms with Crippen molar-refractivity contribution in [2.75, 3.05) is 13.2 Å². The van der Waals surface area contributed by atoms with Crippen LogP contribution in [0.4, 0.5) is 0 Å². The number of aryl methyl sites for hydroxylation is 2. The zero-order valence-electron chi connectivity index (χ0n) is 19.9. The average Bonchev–Trinajstić information content (AvgIpc) is 2.82. The number of hydrogen-bond donors (Lipinski definition) is 1. The second kappa shape index (κ2) is 9.07. The molecule has 0 amide bonds. The fourth-order valence-corrected chi connectivity index (χ4v) is 5.04. The zero-order valence-corrected chi connectivity index (χ0v) is 19.9. The van der Waals surface area contributed by atoms with Gasteiger partial charge in [0.15, 0.2) is 6.10 Å². The predicted molar refractivity (Wildman–Crippen MR) is 135 cm³/mol. The highest BCUT2D eigenvalue weighted by atomic mass is 16.5. The third kappa shape index (κ3) is 3.80. The Bertz CT molecular complexity index is 1400. The normalized spacial score (nSPS) is 13.7. The maximum absolute atomic E-state index is 12.5. The molecule has 174 valence electrons. The quantitative estimate of drug-likeness (QED) is 0.320. The molecule has 1 atom stereocenters. The minimum absolute atomic E-state index is 0.397. The molecule has 4 aromatic rings. The lowest BCUT2D eigenvalue weighted by Gasteiger charge is -2.25. The molecule has 1 aliphatic heterocycles. The maximum atomic E-state index is 12.5. The highest BCUT2D eigenvalue weighted by Crippen LogP contribution is 2.44. The van der Waals surface area contributed by atoms with E-state index in [9.17, 15) is 9.90 Å². The minimum atomic E-state index is -1.06. The van der Waals surface area contributed by atoms with Gasteiger partial charge < -0.3 is 14.6 Å². The molecule has 0 aliphatic carbocycles. The van der Waals surface area contributed by atoms with Gasteiger partial charge in [-0.05, 0) is 66.1 Å². The summed E-state index contributed by atoms with van der Waals surface area (Å²) in [6.07, 6.45) is 1.54. The fourth-order valence-electron chi connectivity index (χ4n) is 5.04. The lowest BCUT2D eigenvalue weighted by Crippen LogP contribution is -2.18. The Morgan fingerprint density at radius 1 is 1.15 bits per heavy atom. The van der Waals surface area contributed by atoms with Crippen LogP contribution in [0.1, 0.15) is 48.3 Å². The van der Waals surface area contributed by atoms with Crippen molar-refractivity contribution in [2.45, 2.75) is 46.1 Å². The molecule has 0 saturated heterocycles. The highest BCUT2D eigenvalue weighted by molar-refractivity contribution is 6.09. The Labute approximate surface area is 199 Å². The largest absolute Gasteiger partial charge is 0.493 e. The molecule has 1 N–H and O–H groups in total. The molecule has 0 spiro atoms.